The van der Waals surface area contributed by atoms with Gasteiger partial charge in [-0.25, -0.2) is 0 Å². The first kappa shape index (κ1) is 18.1. The van der Waals surface area contributed by atoms with Crippen molar-refractivity contribution in [1.29, 1.82) is 0 Å². The maximum absolute atomic E-state index is 12.0. The molecule has 0 N–H and O–H groups in total. The van der Waals surface area contributed by atoms with E-state index in [-0.39, 0.29) is 17.6 Å². The first-order chi connectivity index (χ1) is 9.95. The Balaban J connectivity index is 2.34. The Bertz CT molecular complexity index is 494. The van der Waals surface area contributed by atoms with Gasteiger partial charge in [0.05, 0.1) is 17.6 Å². The second kappa shape index (κ2) is 9.18. The SMILES string of the molecule is CCCCCCOC(C)COS(=O)(=O)c1ccc(C)cc1. The van der Waals surface area contributed by atoms with Gasteiger partial charge in [-0.3, -0.25) is 4.18 Å². The molecule has 4 nitrogen and oxygen atoms in total. The van der Waals surface area contributed by atoms with Gasteiger partial charge in [-0.15, -0.1) is 0 Å². The summed E-state index contributed by atoms with van der Waals surface area (Å²) in [4.78, 5) is 0.184. The Morgan fingerprint density at radius 3 is 2.38 bits per heavy atom. The molecule has 0 aliphatic heterocycles. The summed E-state index contributed by atoms with van der Waals surface area (Å²) in [5, 5.41) is 0. The molecule has 0 aliphatic rings. The molecule has 0 radical (unpaired) electrons. The maximum Gasteiger partial charge on any atom is 0.297 e. The van der Waals surface area contributed by atoms with E-state index in [0.29, 0.717) is 6.61 Å². The predicted molar refractivity (Wildman–Crippen MR) is 83.9 cm³/mol. The normalized spacial score (nSPS) is 13.3. The van der Waals surface area contributed by atoms with Crippen LogP contribution in [0, 0.1) is 6.92 Å². The standard InChI is InChI=1S/C16H26O4S/c1-4-5-6-7-12-19-15(3)13-20-21(17,18)16-10-8-14(2)9-11-16/h8-11,15H,4-7,12-13H2,1-3H3. The third kappa shape index (κ3) is 7.07. The Hall–Kier alpha value is -0.910. The molecule has 1 atom stereocenters. The van der Waals surface area contributed by atoms with E-state index in [2.05, 4.69) is 6.92 Å². The largest absolute Gasteiger partial charge is 0.376 e. The fourth-order valence-corrected chi connectivity index (χ4v) is 2.80. The third-order valence-electron chi connectivity index (χ3n) is 3.17. The number of rotatable bonds is 10. The number of unbranched alkanes of at least 4 members (excludes halogenated alkanes) is 3. The topological polar surface area (TPSA) is 52.6 Å². The lowest BCUT2D eigenvalue weighted by molar-refractivity contribution is 0.0319. The number of benzene rings is 1. The van der Waals surface area contributed by atoms with Gasteiger partial charge < -0.3 is 4.74 Å². The van der Waals surface area contributed by atoms with Gasteiger partial charge in [0.2, 0.25) is 0 Å². The number of hydrogen-bond acceptors (Lipinski definition) is 4. The Labute approximate surface area is 128 Å². The van der Waals surface area contributed by atoms with Crippen LogP contribution in [0.15, 0.2) is 29.2 Å². The van der Waals surface area contributed by atoms with Gasteiger partial charge >= 0.3 is 0 Å². The minimum atomic E-state index is -3.69. The highest BCUT2D eigenvalue weighted by Crippen LogP contribution is 2.14. The van der Waals surface area contributed by atoms with Crippen molar-refractivity contribution in [3.63, 3.8) is 0 Å². The lowest BCUT2D eigenvalue weighted by atomic mass is 10.2. The van der Waals surface area contributed by atoms with Gasteiger partial charge in [-0.2, -0.15) is 8.42 Å². The van der Waals surface area contributed by atoms with Crippen LogP contribution in [0.25, 0.3) is 0 Å². The molecular formula is C16H26O4S. The van der Waals surface area contributed by atoms with Crippen molar-refractivity contribution < 1.29 is 17.3 Å². The second-order valence-electron chi connectivity index (χ2n) is 5.29. The third-order valence-corrected chi connectivity index (χ3v) is 4.46. The van der Waals surface area contributed by atoms with Gasteiger partial charge in [-0.1, -0.05) is 43.9 Å². The molecule has 1 unspecified atom stereocenters. The summed E-state index contributed by atoms with van der Waals surface area (Å²) in [6.07, 6.45) is 4.31. The molecule has 120 valence electrons. The van der Waals surface area contributed by atoms with Crippen LogP contribution in [-0.4, -0.2) is 27.7 Å². The first-order valence-electron chi connectivity index (χ1n) is 7.53. The molecule has 0 saturated carbocycles. The van der Waals surface area contributed by atoms with Gasteiger partial charge in [0.25, 0.3) is 10.1 Å². The minimum Gasteiger partial charge on any atom is -0.376 e. The van der Waals surface area contributed by atoms with Crippen LogP contribution in [0.5, 0.6) is 0 Å². The van der Waals surface area contributed by atoms with Gasteiger partial charge in [0.15, 0.2) is 0 Å². The van der Waals surface area contributed by atoms with Crippen molar-refractivity contribution >= 4 is 10.1 Å². The van der Waals surface area contributed by atoms with Crippen LogP contribution in [0.3, 0.4) is 0 Å². The van der Waals surface area contributed by atoms with E-state index in [1.54, 1.807) is 24.3 Å². The predicted octanol–water partition coefficient (Wildman–Crippen LogP) is 3.69. The molecule has 1 aromatic rings. The summed E-state index contributed by atoms with van der Waals surface area (Å²) >= 11 is 0. The van der Waals surface area contributed by atoms with E-state index in [4.69, 9.17) is 8.92 Å². The summed E-state index contributed by atoms with van der Waals surface area (Å²) in [7, 11) is -3.69. The molecule has 0 aromatic heterocycles. The van der Waals surface area contributed by atoms with Crippen molar-refractivity contribution in [3.05, 3.63) is 29.8 Å². The van der Waals surface area contributed by atoms with Crippen LogP contribution in [0.2, 0.25) is 0 Å². The molecule has 21 heavy (non-hydrogen) atoms. The van der Waals surface area contributed by atoms with Crippen molar-refractivity contribution in [2.24, 2.45) is 0 Å². The van der Waals surface area contributed by atoms with Crippen LogP contribution < -0.4 is 0 Å². The molecule has 0 saturated heterocycles. The first-order valence-corrected chi connectivity index (χ1v) is 8.94. The van der Waals surface area contributed by atoms with Crippen molar-refractivity contribution in [1.82, 2.24) is 0 Å². The Morgan fingerprint density at radius 2 is 1.76 bits per heavy atom. The van der Waals surface area contributed by atoms with Crippen molar-refractivity contribution in [2.45, 2.75) is 57.5 Å². The zero-order chi connectivity index (χ0) is 15.7. The second-order valence-corrected chi connectivity index (χ2v) is 6.91. The summed E-state index contributed by atoms with van der Waals surface area (Å²) in [6, 6.07) is 6.62. The highest BCUT2D eigenvalue weighted by Gasteiger charge is 2.16. The molecule has 0 bridgehead atoms. The number of aryl methyl sites for hydroxylation is 1. The molecular weight excluding hydrogens is 288 g/mol. The molecule has 0 heterocycles. The maximum atomic E-state index is 12.0. The lowest BCUT2D eigenvalue weighted by Gasteiger charge is -2.13. The molecule has 0 fully saturated rings. The van der Waals surface area contributed by atoms with E-state index >= 15 is 0 Å². The number of hydrogen-bond donors (Lipinski definition) is 0. The fourth-order valence-electron chi connectivity index (χ4n) is 1.82. The molecule has 1 aromatic carbocycles. The smallest absolute Gasteiger partial charge is 0.297 e. The quantitative estimate of drug-likeness (QED) is 0.488. The molecule has 0 aliphatic carbocycles. The van der Waals surface area contributed by atoms with E-state index in [9.17, 15) is 8.42 Å². The van der Waals surface area contributed by atoms with Gasteiger partial charge in [0, 0.05) is 6.61 Å². The zero-order valence-corrected chi connectivity index (χ0v) is 14.0. The summed E-state index contributed by atoms with van der Waals surface area (Å²) in [6.45, 7) is 6.59. The van der Waals surface area contributed by atoms with E-state index < -0.39 is 10.1 Å². The fraction of sp³-hybridized carbons (Fsp3) is 0.625. The monoisotopic (exact) mass is 314 g/mol. The van der Waals surface area contributed by atoms with E-state index in [1.165, 1.54) is 12.8 Å². The van der Waals surface area contributed by atoms with E-state index in [0.717, 1.165) is 18.4 Å². The van der Waals surface area contributed by atoms with Gasteiger partial charge in [0.1, 0.15) is 0 Å². The van der Waals surface area contributed by atoms with Crippen molar-refractivity contribution in [3.8, 4) is 0 Å². The lowest BCUT2D eigenvalue weighted by Crippen LogP contribution is -2.20. The average molecular weight is 314 g/mol. The van der Waals surface area contributed by atoms with Crippen molar-refractivity contribution in [2.75, 3.05) is 13.2 Å². The summed E-state index contributed by atoms with van der Waals surface area (Å²) < 4.78 is 34.6. The molecule has 5 heteroatoms. The average Bonchev–Trinajstić information content (AvgIpc) is 2.45. The van der Waals surface area contributed by atoms with Crippen LogP contribution >= 0.6 is 0 Å². The van der Waals surface area contributed by atoms with Crippen LogP contribution in [0.4, 0.5) is 0 Å². The summed E-state index contributed by atoms with van der Waals surface area (Å²) in [5.41, 5.74) is 1.01. The number of ether oxygens (including phenoxy) is 1. The zero-order valence-electron chi connectivity index (χ0n) is 13.2. The van der Waals surface area contributed by atoms with Crippen LogP contribution in [0.1, 0.15) is 45.1 Å². The van der Waals surface area contributed by atoms with Gasteiger partial charge in [-0.05, 0) is 32.4 Å². The van der Waals surface area contributed by atoms with E-state index in [1.807, 2.05) is 13.8 Å². The highest BCUT2D eigenvalue weighted by atomic mass is 32.2. The molecule has 0 spiro atoms. The molecule has 0 amide bonds. The summed E-state index contributed by atoms with van der Waals surface area (Å²) in [5.74, 6) is 0. The molecule has 1 rings (SSSR count). The minimum absolute atomic E-state index is 0.0456. The highest BCUT2D eigenvalue weighted by molar-refractivity contribution is 7.86. The Kier molecular flexibility index (Phi) is 7.93. The Morgan fingerprint density at radius 1 is 1.10 bits per heavy atom. The van der Waals surface area contributed by atoms with Crippen LogP contribution in [-0.2, 0) is 19.0 Å².